The van der Waals surface area contributed by atoms with E-state index in [0.717, 1.165) is 0 Å². The Morgan fingerprint density at radius 2 is 1.61 bits per heavy atom. The zero-order valence-corrected chi connectivity index (χ0v) is 15.0. The zero-order valence-electron chi connectivity index (χ0n) is 13.4. The van der Waals surface area contributed by atoms with Gasteiger partial charge in [-0.15, -0.1) is 0 Å². The molecule has 0 bridgehead atoms. The van der Waals surface area contributed by atoms with Crippen molar-refractivity contribution in [3.8, 4) is 11.5 Å². The normalized spacial score (nSPS) is 10.3. The highest BCUT2D eigenvalue weighted by Crippen LogP contribution is 2.38. The van der Waals surface area contributed by atoms with Gasteiger partial charge in [0.15, 0.2) is 19.4 Å². The molecule has 1 aromatic rings. The van der Waals surface area contributed by atoms with Crippen molar-refractivity contribution in [2.24, 2.45) is 0 Å². The number of hydrogen-bond donors (Lipinski definition) is 0. The van der Waals surface area contributed by atoms with Gasteiger partial charge in [0.25, 0.3) is 0 Å². The lowest BCUT2D eigenvalue weighted by Crippen LogP contribution is -2.14. The molecule has 1 rings (SSSR count). The van der Waals surface area contributed by atoms with E-state index in [2.05, 4.69) is 20.7 Å². The zero-order chi connectivity index (χ0) is 17.4. The second-order valence-corrected chi connectivity index (χ2v) is 5.24. The highest BCUT2D eigenvalue weighted by atomic mass is 79.9. The third-order valence-corrected chi connectivity index (χ3v) is 3.73. The third-order valence-electron chi connectivity index (χ3n) is 2.86. The molecule has 0 N–H and O–H groups in total. The fraction of sp³-hybridized carbons (Fsp3) is 0.467. The first-order valence-electron chi connectivity index (χ1n) is 6.62. The molecular weight excluding hydrogens is 372 g/mol. The molecule has 0 aliphatic carbocycles. The van der Waals surface area contributed by atoms with Crippen molar-refractivity contribution in [2.45, 2.75) is 13.3 Å². The molecule has 0 aliphatic rings. The van der Waals surface area contributed by atoms with Crippen LogP contribution in [0.2, 0.25) is 0 Å². The summed E-state index contributed by atoms with van der Waals surface area (Å²) in [5, 5.41) is 0. The van der Waals surface area contributed by atoms with Gasteiger partial charge in [-0.1, -0.05) is 0 Å². The number of methoxy groups -OCH3 is 3. The maximum atomic E-state index is 12.0. The molecule has 8 heteroatoms. The molecule has 0 heterocycles. The number of carbonyl (C=O) groups excluding carboxylic acids is 2. The summed E-state index contributed by atoms with van der Waals surface area (Å²) in [5.74, 6) is -0.113. The van der Waals surface area contributed by atoms with E-state index >= 15 is 0 Å². The molecule has 128 valence electrons. The number of esters is 1. The lowest BCUT2D eigenvalue weighted by Gasteiger charge is -2.18. The standard InChI is InChI=1S/C15H19BrO7/c1-9(17)14-10(5-13(18)21-4)15(16)12(23-8-20-3)6-11(14)22-7-19-2/h6H,5,7-8H2,1-4H3. The smallest absolute Gasteiger partial charge is 0.310 e. The molecule has 0 spiro atoms. The molecule has 0 atom stereocenters. The van der Waals surface area contributed by atoms with Crippen LogP contribution >= 0.6 is 15.9 Å². The molecule has 0 unspecified atom stereocenters. The van der Waals surface area contributed by atoms with Crippen LogP contribution in [0, 0.1) is 0 Å². The van der Waals surface area contributed by atoms with E-state index in [4.69, 9.17) is 18.9 Å². The van der Waals surface area contributed by atoms with Crippen molar-refractivity contribution in [3.05, 3.63) is 21.7 Å². The Labute approximate surface area is 142 Å². The number of ether oxygens (including phenoxy) is 5. The third kappa shape index (κ3) is 5.19. The molecule has 0 saturated heterocycles. The molecule has 0 amide bonds. The Morgan fingerprint density at radius 3 is 2.09 bits per heavy atom. The van der Waals surface area contributed by atoms with Gasteiger partial charge in [-0.05, 0) is 28.4 Å². The van der Waals surface area contributed by atoms with Crippen LogP contribution in [0.15, 0.2) is 10.5 Å². The molecular formula is C15H19BrO7. The van der Waals surface area contributed by atoms with E-state index in [1.807, 2.05) is 0 Å². The van der Waals surface area contributed by atoms with E-state index in [1.54, 1.807) is 6.07 Å². The van der Waals surface area contributed by atoms with Crippen molar-refractivity contribution >= 4 is 27.7 Å². The predicted octanol–water partition coefficient (Wildman–Crippen LogP) is 2.33. The summed E-state index contributed by atoms with van der Waals surface area (Å²) >= 11 is 3.36. The van der Waals surface area contributed by atoms with Crippen molar-refractivity contribution < 1.29 is 33.3 Å². The van der Waals surface area contributed by atoms with Gasteiger partial charge >= 0.3 is 5.97 Å². The van der Waals surface area contributed by atoms with E-state index in [9.17, 15) is 9.59 Å². The van der Waals surface area contributed by atoms with Crippen molar-refractivity contribution in [2.75, 3.05) is 34.9 Å². The summed E-state index contributed by atoms with van der Waals surface area (Å²) in [6.45, 7) is 1.33. The molecule has 0 radical (unpaired) electrons. The fourth-order valence-electron chi connectivity index (χ4n) is 1.89. The average Bonchev–Trinajstić information content (AvgIpc) is 2.53. The van der Waals surface area contributed by atoms with E-state index in [1.165, 1.54) is 28.3 Å². The number of carbonyl (C=O) groups is 2. The number of benzene rings is 1. The molecule has 7 nitrogen and oxygen atoms in total. The topological polar surface area (TPSA) is 80.3 Å². The van der Waals surface area contributed by atoms with Gasteiger partial charge in [0, 0.05) is 20.3 Å². The first-order chi connectivity index (χ1) is 11.0. The lowest BCUT2D eigenvalue weighted by molar-refractivity contribution is -0.139. The Balaban J connectivity index is 3.44. The second kappa shape index (κ2) is 9.49. The van der Waals surface area contributed by atoms with Crippen LogP contribution < -0.4 is 9.47 Å². The number of Topliss-reactive ketones (excluding diaryl/α,β-unsaturated/α-hetero) is 1. The molecule has 0 aromatic heterocycles. The minimum atomic E-state index is -0.491. The van der Waals surface area contributed by atoms with Gasteiger partial charge in [-0.2, -0.15) is 0 Å². The van der Waals surface area contributed by atoms with Gasteiger partial charge in [0.05, 0.1) is 23.6 Å². The summed E-state index contributed by atoms with van der Waals surface area (Å²) < 4.78 is 25.8. The number of hydrogen-bond acceptors (Lipinski definition) is 7. The van der Waals surface area contributed by atoms with Crippen molar-refractivity contribution in [1.29, 1.82) is 0 Å². The largest absolute Gasteiger partial charge is 0.469 e. The van der Waals surface area contributed by atoms with Gasteiger partial charge < -0.3 is 23.7 Å². The molecule has 0 fully saturated rings. The molecule has 0 aliphatic heterocycles. The van der Waals surface area contributed by atoms with Crippen molar-refractivity contribution in [1.82, 2.24) is 0 Å². The van der Waals surface area contributed by atoms with Gasteiger partial charge in [-0.3, -0.25) is 9.59 Å². The monoisotopic (exact) mass is 390 g/mol. The Morgan fingerprint density at radius 1 is 1.04 bits per heavy atom. The van der Waals surface area contributed by atoms with Crippen LogP contribution in [0.5, 0.6) is 11.5 Å². The number of rotatable bonds is 9. The minimum Gasteiger partial charge on any atom is -0.469 e. The van der Waals surface area contributed by atoms with Crippen LogP contribution in [0.3, 0.4) is 0 Å². The van der Waals surface area contributed by atoms with Crippen molar-refractivity contribution in [3.63, 3.8) is 0 Å². The fourth-order valence-corrected chi connectivity index (χ4v) is 2.46. The maximum absolute atomic E-state index is 12.0. The summed E-state index contributed by atoms with van der Waals surface area (Å²) in [7, 11) is 4.22. The SMILES string of the molecule is COCOc1cc(OCOC)c(C(C)=O)c(CC(=O)OC)c1Br. The van der Waals surface area contributed by atoms with E-state index in [0.29, 0.717) is 15.8 Å². The van der Waals surface area contributed by atoms with Gasteiger partial charge in [0.2, 0.25) is 0 Å². The Bertz CT molecular complexity index is 571. The number of ketones is 1. The highest BCUT2D eigenvalue weighted by molar-refractivity contribution is 9.10. The highest BCUT2D eigenvalue weighted by Gasteiger charge is 2.23. The summed E-state index contributed by atoms with van der Waals surface area (Å²) in [6, 6.07) is 1.54. The minimum absolute atomic E-state index is 0.000595. The number of halogens is 1. The first kappa shape index (κ1) is 19.4. The molecule has 0 saturated carbocycles. The first-order valence-corrected chi connectivity index (χ1v) is 7.42. The second-order valence-electron chi connectivity index (χ2n) is 4.45. The summed E-state index contributed by atoms with van der Waals surface area (Å²) in [6.07, 6.45) is -0.112. The molecule has 23 heavy (non-hydrogen) atoms. The van der Waals surface area contributed by atoms with Gasteiger partial charge in [0.1, 0.15) is 11.5 Å². The van der Waals surface area contributed by atoms with E-state index in [-0.39, 0.29) is 37.1 Å². The summed E-state index contributed by atoms with van der Waals surface area (Å²) in [5.41, 5.74) is 0.688. The van der Waals surface area contributed by atoms with Crippen LogP contribution in [0.1, 0.15) is 22.8 Å². The van der Waals surface area contributed by atoms with Crippen LogP contribution in [0.4, 0.5) is 0 Å². The van der Waals surface area contributed by atoms with E-state index < -0.39 is 5.97 Å². The van der Waals surface area contributed by atoms with Gasteiger partial charge in [-0.25, -0.2) is 0 Å². The Kier molecular flexibility index (Phi) is 8.01. The molecule has 1 aromatic carbocycles. The quantitative estimate of drug-likeness (QED) is 0.363. The lowest BCUT2D eigenvalue weighted by atomic mass is 9.99. The average molecular weight is 391 g/mol. The van der Waals surface area contributed by atoms with Crippen LogP contribution in [-0.2, 0) is 25.4 Å². The maximum Gasteiger partial charge on any atom is 0.310 e. The Hall–Kier alpha value is -1.64. The predicted molar refractivity (Wildman–Crippen MR) is 84.9 cm³/mol. The van der Waals surface area contributed by atoms with Crippen LogP contribution in [-0.4, -0.2) is 46.7 Å². The van der Waals surface area contributed by atoms with Crippen LogP contribution in [0.25, 0.3) is 0 Å². The summed E-state index contributed by atoms with van der Waals surface area (Å²) in [4.78, 5) is 23.7.